The van der Waals surface area contributed by atoms with Gasteiger partial charge in [-0.25, -0.2) is 13.4 Å². The summed E-state index contributed by atoms with van der Waals surface area (Å²) in [6.07, 6.45) is 2.45. The Morgan fingerprint density at radius 1 is 1.06 bits per heavy atom. The van der Waals surface area contributed by atoms with Crippen LogP contribution < -0.4 is 10.6 Å². The summed E-state index contributed by atoms with van der Waals surface area (Å²) in [6, 6.07) is 6.96. The number of aryl methyl sites for hydroxylation is 1. The molecule has 0 radical (unpaired) electrons. The normalized spacial score (nSPS) is 15.3. The van der Waals surface area contributed by atoms with Crippen molar-refractivity contribution in [3.8, 4) is 0 Å². The fraction of sp³-hybridized carbons (Fsp3) is 0.409. The minimum absolute atomic E-state index is 0.0858. The molecule has 0 unspecified atom stereocenters. The van der Waals surface area contributed by atoms with Gasteiger partial charge in [-0.3, -0.25) is 19.2 Å². The Balaban J connectivity index is 1.69. The van der Waals surface area contributed by atoms with Crippen LogP contribution in [0.1, 0.15) is 23.3 Å². The topological polar surface area (TPSA) is 151 Å². The molecule has 3 rings (SSSR count). The van der Waals surface area contributed by atoms with E-state index in [9.17, 15) is 27.6 Å². The van der Waals surface area contributed by atoms with Crippen molar-refractivity contribution in [2.75, 3.05) is 33.2 Å². The number of Topliss-reactive ketones (excluding diaryl/α,β-unsaturated/α-hetero) is 1. The lowest BCUT2D eigenvalue weighted by Crippen LogP contribution is -2.56. The van der Waals surface area contributed by atoms with Crippen molar-refractivity contribution in [2.24, 2.45) is 7.05 Å². The molecule has 12 nitrogen and oxygen atoms in total. The van der Waals surface area contributed by atoms with Crippen LogP contribution in [-0.2, 0) is 31.5 Å². The molecule has 0 aliphatic carbocycles. The third kappa shape index (κ3) is 6.11. The average molecular weight is 505 g/mol. The van der Waals surface area contributed by atoms with Crippen LogP contribution in [0.15, 0.2) is 47.8 Å². The Kier molecular flexibility index (Phi) is 8.35. The summed E-state index contributed by atoms with van der Waals surface area (Å²) >= 11 is 0. The Bertz CT molecular complexity index is 1190. The number of nitrogens with zero attached hydrogens (tertiary/aromatic N) is 4. The molecule has 0 saturated carbocycles. The standard InChI is InChI=1S/C22H28N6O6S/c1-23-21(31)19(29)9-8-17(25-20(30)18-14-24-15-26(18)2)22(32)27-10-12-28(13-11-27)35(33,34)16-6-4-3-5-7-16/h3-7,14-15,17H,8-13H2,1-2H3,(H,23,31)(H,25,30)/t17-/m0/s1. The molecule has 1 aliphatic heterocycles. The molecule has 2 N–H and O–H groups in total. The first-order valence-electron chi connectivity index (χ1n) is 11.0. The number of imidazole rings is 1. The summed E-state index contributed by atoms with van der Waals surface area (Å²) in [5.74, 6) is -2.50. The van der Waals surface area contributed by atoms with Gasteiger partial charge in [0.25, 0.3) is 11.8 Å². The molecule has 2 heterocycles. The number of hydrogen-bond acceptors (Lipinski definition) is 7. The number of sulfonamides is 1. The maximum Gasteiger partial charge on any atom is 0.287 e. The number of likely N-dealkylation sites (N-methyl/N-ethyl adjacent to an activating group) is 1. The van der Waals surface area contributed by atoms with Gasteiger partial charge in [-0.2, -0.15) is 4.31 Å². The molecule has 35 heavy (non-hydrogen) atoms. The van der Waals surface area contributed by atoms with Gasteiger partial charge >= 0.3 is 0 Å². The van der Waals surface area contributed by atoms with E-state index in [1.165, 1.54) is 45.5 Å². The van der Waals surface area contributed by atoms with Gasteiger partial charge in [0.15, 0.2) is 0 Å². The van der Waals surface area contributed by atoms with E-state index in [0.29, 0.717) is 0 Å². The van der Waals surface area contributed by atoms with Gasteiger partial charge in [-0.1, -0.05) is 18.2 Å². The van der Waals surface area contributed by atoms with Crippen LogP contribution in [0, 0.1) is 0 Å². The lowest BCUT2D eigenvalue weighted by Gasteiger charge is -2.36. The molecule has 1 aliphatic rings. The highest BCUT2D eigenvalue weighted by molar-refractivity contribution is 7.89. The highest BCUT2D eigenvalue weighted by atomic mass is 32.2. The Morgan fingerprint density at radius 2 is 1.71 bits per heavy atom. The zero-order chi connectivity index (χ0) is 25.6. The second-order valence-corrected chi connectivity index (χ2v) is 9.94. The van der Waals surface area contributed by atoms with Crippen LogP contribution in [0.5, 0.6) is 0 Å². The number of carbonyl (C=O) groups is 4. The van der Waals surface area contributed by atoms with Crippen LogP contribution in [0.3, 0.4) is 0 Å². The molecule has 1 fully saturated rings. The molecule has 1 aromatic heterocycles. The molecule has 0 spiro atoms. The molecule has 0 bridgehead atoms. The predicted octanol–water partition coefficient (Wildman–Crippen LogP) is -0.853. The van der Waals surface area contributed by atoms with Crippen molar-refractivity contribution >= 4 is 33.5 Å². The smallest absolute Gasteiger partial charge is 0.287 e. The summed E-state index contributed by atoms with van der Waals surface area (Å²) in [6.45, 7) is 0.407. The fourth-order valence-corrected chi connectivity index (χ4v) is 5.15. The van der Waals surface area contributed by atoms with Crippen molar-refractivity contribution in [2.45, 2.75) is 23.8 Å². The largest absolute Gasteiger partial charge is 0.353 e. The summed E-state index contributed by atoms with van der Waals surface area (Å²) in [4.78, 5) is 55.1. The van der Waals surface area contributed by atoms with Gasteiger partial charge < -0.3 is 20.1 Å². The van der Waals surface area contributed by atoms with E-state index in [1.54, 1.807) is 25.2 Å². The van der Waals surface area contributed by atoms with Crippen LogP contribution in [0.2, 0.25) is 0 Å². The molecular formula is C22H28N6O6S. The first-order chi connectivity index (χ1) is 16.6. The van der Waals surface area contributed by atoms with E-state index >= 15 is 0 Å². The summed E-state index contributed by atoms with van der Waals surface area (Å²) in [5, 5.41) is 4.87. The van der Waals surface area contributed by atoms with Gasteiger partial charge in [0.1, 0.15) is 11.7 Å². The van der Waals surface area contributed by atoms with E-state index in [1.807, 2.05) is 0 Å². The van der Waals surface area contributed by atoms with E-state index in [4.69, 9.17) is 0 Å². The average Bonchev–Trinajstić information content (AvgIpc) is 3.31. The van der Waals surface area contributed by atoms with Crippen LogP contribution in [0.25, 0.3) is 0 Å². The number of nitrogens with one attached hydrogen (secondary N) is 2. The van der Waals surface area contributed by atoms with Crippen LogP contribution >= 0.6 is 0 Å². The molecule has 1 aromatic carbocycles. The van der Waals surface area contributed by atoms with Crippen molar-refractivity contribution in [3.05, 3.63) is 48.5 Å². The predicted molar refractivity (Wildman–Crippen MR) is 125 cm³/mol. The molecule has 13 heteroatoms. The Morgan fingerprint density at radius 3 is 2.29 bits per heavy atom. The molecule has 1 saturated heterocycles. The summed E-state index contributed by atoms with van der Waals surface area (Å²) < 4.78 is 28.5. The zero-order valence-corrected chi connectivity index (χ0v) is 20.3. The van der Waals surface area contributed by atoms with Gasteiger partial charge in [-0.15, -0.1) is 0 Å². The van der Waals surface area contributed by atoms with Crippen molar-refractivity contribution in [3.63, 3.8) is 0 Å². The molecule has 3 amide bonds. The number of aromatic nitrogens is 2. The Hall–Kier alpha value is -3.58. The second-order valence-electron chi connectivity index (χ2n) is 8.00. The van der Waals surface area contributed by atoms with Crippen molar-refractivity contribution in [1.82, 2.24) is 29.4 Å². The first kappa shape index (κ1) is 26.0. The van der Waals surface area contributed by atoms with Gasteiger partial charge in [0.05, 0.1) is 17.4 Å². The lowest BCUT2D eigenvalue weighted by atomic mass is 10.1. The van der Waals surface area contributed by atoms with Gasteiger partial charge in [0.2, 0.25) is 21.7 Å². The van der Waals surface area contributed by atoms with Crippen molar-refractivity contribution in [1.29, 1.82) is 0 Å². The minimum Gasteiger partial charge on any atom is -0.353 e. The molecular weight excluding hydrogens is 476 g/mol. The minimum atomic E-state index is -3.69. The van der Waals surface area contributed by atoms with Crippen molar-refractivity contribution < 1.29 is 27.6 Å². The fourth-order valence-electron chi connectivity index (χ4n) is 3.70. The maximum absolute atomic E-state index is 13.3. The van der Waals surface area contributed by atoms with Gasteiger partial charge in [-0.05, 0) is 18.6 Å². The summed E-state index contributed by atoms with van der Waals surface area (Å²) in [7, 11) is -0.737. The third-order valence-electron chi connectivity index (χ3n) is 5.72. The highest BCUT2D eigenvalue weighted by Crippen LogP contribution is 2.18. The molecule has 188 valence electrons. The maximum atomic E-state index is 13.3. The Labute approximate surface area is 203 Å². The monoisotopic (exact) mass is 504 g/mol. The quantitative estimate of drug-likeness (QED) is 0.422. The van der Waals surface area contributed by atoms with E-state index in [-0.39, 0.29) is 49.6 Å². The van der Waals surface area contributed by atoms with E-state index in [0.717, 1.165) is 0 Å². The zero-order valence-electron chi connectivity index (χ0n) is 19.5. The number of carbonyl (C=O) groups excluding carboxylic acids is 4. The summed E-state index contributed by atoms with van der Waals surface area (Å²) in [5.41, 5.74) is 0.221. The number of rotatable bonds is 9. The van der Waals surface area contributed by atoms with Crippen LogP contribution in [0.4, 0.5) is 0 Å². The van der Waals surface area contributed by atoms with Crippen LogP contribution in [-0.4, -0.2) is 89.9 Å². The number of hydrogen-bond donors (Lipinski definition) is 2. The van der Waals surface area contributed by atoms with E-state index in [2.05, 4.69) is 15.6 Å². The molecule has 2 aromatic rings. The highest BCUT2D eigenvalue weighted by Gasteiger charge is 2.34. The third-order valence-corrected chi connectivity index (χ3v) is 7.64. The lowest BCUT2D eigenvalue weighted by molar-refractivity contribution is -0.138. The van der Waals surface area contributed by atoms with Gasteiger partial charge in [0, 0.05) is 46.7 Å². The SMILES string of the molecule is CNC(=O)C(=O)CC[C@H](NC(=O)c1cncn1C)C(=O)N1CCN(S(=O)(=O)c2ccccc2)CC1. The number of amides is 3. The first-order valence-corrected chi connectivity index (χ1v) is 12.4. The van der Waals surface area contributed by atoms with E-state index < -0.39 is 39.6 Å². The number of benzene rings is 1. The number of ketones is 1. The molecule has 1 atom stereocenters. The number of piperazine rings is 1. The second kappa shape index (κ2) is 11.2.